The van der Waals surface area contributed by atoms with Crippen molar-refractivity contribution >= 4 is 5.96 Å². The minimum absolute atomic E-state index is 0.146. The Kier molecular flexibility index (Phi) is 9.79. The number of halogens is 2. The number of aryl methyl sites for hydroxylation is 1. The number of ether oxygens (including phenoxy) is 3. The third-order valence-corrected chi connectivity index (χ3v) is 3.98. The van der Waals surface area contributed by atoms with Crippen molar-refractivity contribution in [2.45, 2.75) is 33.5 Å². The van der Waals surface area contributed by atoms with Gasteiger partial charge in [0.05, 0.1) is 13.2 Å². The molecule has 0 atom stereocenters. The summed E-state index contributed by atoms with van der Waals surface area (Å²) in [5, 5.41) is 6.28. The number of benzene rings is 1. The fraction of sp³-hybridized carbons (Fsp3) is 0.429. The van der Waals surface area contributed by atoms with Gasteiger partial charge in [0.2, 0.25) is 5.88 Å². The van der Waals surface area contributed by atoms with Gasteiger partial charge in [0, 0.05) is 38.0 Å². The monoisotopic (exact) mass is 422 g/mol. The van der Waals surface area contributed by atoms with Gasteiger partial charge in [0.25, 0.3) is 0 Å². The average Bonchev–Trinajstić information content (AvgIpc) is 2.72. The van der Waals surface area contributed by atoms with Crippen LogP contribution in [-0.2, 0) is 17.8 Å². The molecule has 2 rings (SSSR count). The molecular formula is C21H28F2N4O3. The summed E-state index contributed by atoms with van der Waals surface area (Å²) >= 11 is 0. The molecule has 0 bridgehead atoms. The lowest BCUT2D eigenvalue weighted by Crippen LogP contribution is -2.36. The first kappa shape index (κ1) is 23.3. The Morgan fingerprint density at radius 2 is 2.00 bits per heavy atom. The molecule has 0 aliphatic heterocycles. The van der Waals surface area contributed by atoms with Crippen molar-refractivity contribution in [2.24, 2.45) is 4.99 Å². The summed E-state index contributed by atoms with van der Waals surface area (Å²) < 4.78 is 40.3. The van der Waals surface area contributed by atoms with Gasteiger partial charge >= 0.3 is 6.61 Å². The zero-order valence-corrected chi connectivity index (χ0v) is 17.5. The van der Waals surface area contributed by atoms with Gasteiger partial charge in [-0.05, 0) is 25.5 Å². The molecule has 1 heterocycles. The summed E-state index contributed by atoms with van der Waals surface area (Å²) in [6.07, 6.45) is 1.70. The van der Waals surface area contributed by atoms with E-state index in [2.05, 4.69) is 25.3 Å². The Morgan fingerprint density at radius 1 is 1.17 bits per heavy atom. The second kappa shape index (κ2) is 12.6. The number of guanidine groups is 1. The van der Waals surface area contributed by atoms with Gasteiger partial charge < -0.3 is 24.8 Å². The first-order chi connectivity index (χ1) is 14.5. The number of aliphatic imine (C=N–C) groups is 1. The van der Waals surface area contributed by atoms with E-state index in [1.165, 1.54) is 0 Å². The molecule has 1 aromatic heterocycles. The van der Waals surface area contributed by atoms with Gasteiger partial charge in [-0.25, -0.2) is 9.98 Å². The standard InChI is InChI=1S/C21H28F2N4O3/c1-4-24-21(26-13-16-6-8-19(25-12-16)29-10-9-28-3)27-14-17-11-15(2)5-7-18(17)30-20(22)23/h5-8,11-12,20H,4,9-10,13-14H2,1-3H3,(H2,24,26,27). The molecule has 0 amide bonds. The minimum atomic E-state index is -2.87. The molecule has 0 saturated carbocycles. The number of rotatable bonds is 11. The minimum Gasteiger partial charge on any atom is -0.475 e. The first-order valence-corrected chi connectivity index (χ1v) is 9.65. The Bertz CT molecular complexity index is 801. The second-order valence-electron chi connectivity index (χ2n) is 6.38. The molecule has 0 unspecified atom stereocenters. The summed E-state index contributed by atoms with van der Waals surface area (Å²) in [6.45, 7) is 3.25. The van der Waals surface area contributed by atoms with E-state index in [9.17, 15) is 8.78 Å². The molecule has 0 spiro atoms. The topological polar surface area (TPSA) is 77.0 Å². The van der Waals surface area contributed by atoms with E-state index in [4.69, 9.17) is 9.47 Å². The summed E-state index contributed by atoms with van der Waals surface area (Å²) in [6, 6.07) is 8.75. The number of alkyl halides is 2. The summed E-state index contributed by atoms with van der Waals surface area (Å²) in [5.74, 6) is 1.23. The highest BCUT2D eigenvalue weighted by Gasteiger charge is 2.10. The molecular weight excluding hydrogens is 394 g/mol. The van der Waals surface area contributed by atoms with Crippen LogP contribution in [0.3, 0.4) is 0 Å². The van der Waals surface area contributed by atoms with E-state index >= 15 is 0 Å². The van der Waals surface area contributed by atoms with Gasteiger partial charge in [0.15, 0.2) is 5.96 Å². The van der Waals surface area contributed by atoms with Crippen LogP contribution in [0, 0.1) is 6.92 Å². The van der Waals surface area contributed by atoms with Gasteiger partial charge in [-0.3, -0.25) is 0 Å². The molecule has 164 valence electrons. The fourth-order valence-corrected chi connectivity index (χ4v) is 2.57. The molecule has 30 heavy (non-hydrogen) atoms. The van der Waals surface area contributed by atoms with Crippen molar-refractivity contribution in [1.82, 2.24) is 15.6 Å². The molecule has 9 heteroatoms. The number of hydrogen-bond donors (Lipinski definition) is 2. The van der Waals surface area contributed by atoms with Crippen LogP contribution in [0.1, 0.15) is 23.6 Å². The lowest BCUT2D eigenvalue weighted by molar-refractivity contribution is -0.0504. The Hall–Kier alpha value is -2.94. The summed E-state index contributed by atoms with van der Waals surface area (Å²) in [4.78, 5) is 8.76. The Balaban J connectivity index is 1.99. The maximum atomic E-state index is 12.6. The quantitative estimate of drug-likeness (QED) is 0.329. The lowest BCUT2D eigenvalue weighted by Gasteiger charge is -2.15. The zero-order chi connectivity index (χ0) is 21.8. The maximum absolute atomic E-state index is 12.6. The number of hydrogen-bond acceptors (Lipinski definition) is 5. The van der Waals surface area contributed by atoms with Crippen molar-refractivity contribution in [3.05, 3.63) is 53.2 Å². The maximum Gasteiger partial charge on any atom is 0.387 e. The highest BCUT2D eigenvalue weighted by atomic mass is 19.3. The van der Waals surface area contributed by atoms with Gasteiger partial charge in [-0.2, -0.15) is 8.78 Å². The molecule has 0 fully saturated rings. The van der Waals surface area contributed by atoms with Crippen LogP contribution in [-0.4, -0.2) is 44.4 Å². The average molecular weight is 422 g/mol. The molecule has 7 nitrogen and oxygen atoms in total. The van der Waals surface area contributed by atoms with Crippen LogP contribution < -0.4 is 20.1 Å². The van der Waals surface area contributed by atoms with Gasteiger partial charge in [-0.15, -0.1) is 0 Å². The first-order valence-electron chi connectivity index (χ1n) is 9.65. The van der Waals surface area contributed by atoms with Crippen molar-refractivity contribution in [3.8, 4) is 11.6 Å². The molecule has 0 radical (unpaired) electrons. The summed E-state index contributed by atoms with van der Waals surface area (Å²) in [7, 11) is 1.61. The summed E-state index contributed by atoms with van der Waals surface area (Å²) in [5.41, 5.74) is 2.48. The van der Waals surface area contributed by atoms with E-state index in [1.807, 2.05) is 19.9 Å². The van der Waals surface area contributed by atoms with Crippen LogP contribution in [0.15, 0.2) is 41.5 Å². The number of nitrogens with zero attached hydrogens (tertiary/aromatic N) is 2. The smallest absolute Gasteiger partial charge is 0.387 e. The largest absolute Gasteiger partial charge is 0.475 e. The molecule has 0 aliphatic rings. The fourth-order valence-electron chi connectivity index (χ4n) is 2.57. The van der Waals surface area contributed by atoms with E-state index in [1.54, 1.807) is 37.6 Å². The highest BCUT2D eigenvalue weighted by molar-refractivity contribution is 5.79. The molecule has 0 saturated heterocycles. The number of aromatic nitrogens is 1. The second-order valence-corrected chi connectivity index (χ2v) is 6.38. The van der Waals surface area contributed by atoms with Crippen LogP contribution in [0.2, 0.25) is 0 Å². The van der Waals surface area contributed by atoms with Crippen LogP contribution in [0.5, 0.6) is 11.6 Å². The van der Waals surface area contributed by atoms with Crippen LogP contribution >= 0.6 is 0 Å². The van der Waals surface area contributed by atoms with E-state index in [0.717, 1.165) is 11.1 Å². The van der Waals surface area contributed by atoms with Crippen molar-refractivity contribution < 1.29 is 23.0 Å². The van der Waals surface area contributed by atoms with E-state index in [-0.39, 0.29) is 5.75 Å². The number of nitrogens with one attached hydrogen (secondary N) is 2. The Labute approximate surface area is 175 Å². The van der Waals surface area contributed by atoms with E-state index < -0.39 is 6.61 Å². The highest BCUT2D eigenvalue weighted by Crippen LogP contribution is 2.22. The van der Waals surface area contributed by atoms with E-state index in [0.29, 0.717) is 50.3 Å². The molecule has 1 aromatic carbocycles. The third-order valence-electron chi connectivity index (χ3n) is 3.98. The van der Waals surface area contributed by atoms with Crippen molar-refractivity contribution in [2.75, 3.05) is 26.9 Å². The third kappa shape index (κ3) is 8.20. The number of methoxy groups -OCH3 is 1. The SMILES string of the molecule is CCNC(=NCc1ccc(OCCOC)nc1)NCc1cc(C)ccc1OC(F)F. The van der Waals surface area contributed by atoms with Crippen molar-refractivity contribution in [1.29, 1.82) is 0 Å². The normalized spacial score (nSPS) is 11.5. The predicted octanol–water partition coefficient (Wildman–Crippen LogP) is 3.27. The predicted molar refractivity (Wildman–Crippen MR) is 111 cm³/mol. The zero-order valence-electron chi connectivity index (χ0n) is 17.5. The lowest BCUT2D eigenvalue weighted by atomic mass is 10.1. The van der Waals surface area contributed by atoms with Gasteiger partial charge in [0.1, 0.15) is 12.4 Å². The Morgan fingerprint density at radius 3 is 2.67 bits per heavy atom. The van der Waals surface area contributed by atoms with Crippen LogP contribution in [0.25, 0.3) is 0 Å². The molecule has 2 N–H and O–H groups in total. The van der Waals surface area contributed by atoms with Crippen LogP contribution in [0.4, 0.5) is 8.78 Å². The van der Waals surface area contributed by atoms with Gasteiger partial charge in [-0.1, -0.05) is 23.8 Å². The number of pyridine rings is 1. The van der Waals surface area contributed by atoms with Crippen molar-refractivity contribution in [3.63, 3.8) is 0 Å². The molecule has 2 aromatic rings. The molecule has 0 aliphatic carbocycles.